The first kappa shape index (κ1) is 8.94. The minimum Gasteiger partial charge on any atom is -0.287 e. The van der Waals surface area contributed by atoms with Crippen molar-refractivity contribution in [3.05, 3.63) is 12.2 Å². The second-order valence-corrected chi connectivity index (χ2v) is 4.27. The van der Waals surface area contributed by atoms with Crippen molar-refractivity contribution in [2.75, 3.05) is 5.75 Å². The van der Waals surface area contributed by atoms with Crippen molar-refractivity contribution < 1.29 is 8.39 Å². The zero-order chi connectivity index (χ0) is 8.43. The van der Waals surface area contributed by atoms with Gasteiger partial charge in [0.05, 0.1) is 11.9 Å². The summed E-state index contributed by atoms with van der Waals surface area (Å²) in [6.07, 6.45) is 1.03. The molecule has 1 aliphatic rings. The van der Waals surface area contributed by atoms with Gasteiger partial charge in [0, 0.05) is 0 Å². The van der Waals surface area contributed by atoms with Gasteiger partial charge in [-0.25, -0.2) is 4.21 Å². The van der Waals surface area contributed by atoms with E-state index in [2.05, 4.69) is 13.5 Å². The highest BCUT2D eigenvalue weighted by molar-refractivity contribution is 7.80. The summed E-state index contributed by atoms with van der Waals surface area (Å²) in [5, 5.41) is 0. The SMILES string of the molecule is C=C1C[C@H](C)[C@@H](C)OS(=O)C1. The summed E-state index contributed by atoms with van der Waals surface area (Å²) in [5.74, 6) is 0.947. The third-order valence-corrected chi connectivity index (χ3v) is 3.16. The summed E-state index contributed by atoms with van der Waals surface area (Å²) < 4.78 is 16.3. The minimum absolute atomic E-state index is 0.0927. The standard InChI is InChI=1S/C8H14O2S/c1-6-4-7(2)8(3)10-11(9)5-6/h7-8H,1,4-5H2,2-3H3/t7-,8+,11?/m0/s1. The van der Waals surface area contributed by atoms with E-state index in [9.17, 15) is 4.21 Å². The molecular formula is C8H14O2S. The smallest absolute Gasteiger partial charge is 0.159 e. The molecule has 0 saturated carbocycles. The summed E-state index contributed by atoms with van der Waals surface area (Å²) >= 11 is -1.14. The van der Waals surface area contributed by atoms with E-state index in [1.165, 1.54) is 0 Å². The third kappa shape index (κ3) is 2.42. The Kier molecular flexibility index (Phi) is 2.84. The van der Waals surface area contributed by atoms with Gasteiger partial charge in [0.2, 0.25) is 0 Å². The van der Waals surface area contributed by atoms with Crippen LogP contribution in [0, 0.1) is 5.92 Å². The molecule has 11 heavy (non-hydrogen) atoms. The van der Waals surface area contributed by atoms with Crippen LogP contribution in [0.2, 0.25) is 0 Å². The Labute approximate surface area is 70.3 Å². The minimum atomic E-state index is -1.14. The van der Waals surface area contributed by atoms with Crippen LogP contribution in [0.15, 0.2) is 12.2 Å². The Morgan fingerprint density at radius 2 is 2.27 bits per heavy atom. The van der Waals surface area contributed by atoms with Crippen LogP contribution in [-0.4, -0.2) is 16.1 Å². The van der Waals surface area contributed by atoms with Crippen molar-refractivity contribution in [2.24, 2.45) is 5.92 Å². The first-order valence-corrected chi connectivity index (χ1v) is 5.06. The molecule has 0 bridgehead atoms. The zero-order valence-corrected chi connectivity index (χ0v) is 7.82. The van der Waals surface area contributed by atoms with Gasteiger partial charge >= 0.3 is 0 Å². The number of hydrogen-bond donors (Lipinski definition) is 0. The highest BCUT2D eigenvalue weighted by Gasteiger charge is 2.21. The van der Waals surface area contributed by atoms with Crippen molar-refractivity contribution in [3.8, 4) is 0 Å². The van der Waals surface area contributed by atoms with Crippen molar-refractivity contribution in [2.45, 2.75) is 26.4 Å². The van der Waals surface area contributed by atoms with E-state index in [-0.39, 0.29) is 6.10 Å². The van der Waals surface area contributed by atoms with E-state index in [1.807, 2.05) is 6.92 Å². The van der Waals surface area contributed by atoms with E-state index in [0.717, 1.165) is 12.0 Å². The Balaban J connectivity index is 2.66. The predicted molar refractivity (Wildman–Crippen MR) is 46.5 cm³/mol. The summed E-state index contributed by atoms with van der Waals surface area (Å²) in [7, 11) is 0. The summed E-state index contributed by atoms with van der Waals surface area (Å²) in [6, 6.07) is 0. The molecule has 0 N–H and O–H groups in total. The van der Waals surface area contributed by atoms with Gasteiger partial charge in [-0.05, 0) is 19.3 Å². The van der Waals surface area contributed by atoms with E-state index >= 15 is 0 Å². The van der Waals surface area contributed by atoms with Crippen LogP contribution >= 0.6 is 0 Å². The van der Waals surface area contributed by atoms with Crippen molar-refractivity contribution in [1.29, 1.82) is 0 Å². The van der Waals surface area contributed by atoms with Crippen LogP contribution in [-0.2, 0) is 15.3 Å². The molecule has 1 heterocycles. The molecule has 1 saturated heterocycles. The van der Waals surface area contributed by atoms with Crippen molar-refractivity contribution in [3.63, 3.8) is 0 Å². The molecule has 0 aromatic heterocycles. The Bertz CT molecular complexity index is 169. The Morgan fingerprint density at radius 1 is 1.64 bits per heavy atom. The normalized spacial score (nSPS) is 40.2. The van der Waals surface area contributed by atoms with Crippen LogP contribution in [0.3, 0.4) is 0 Å². The molecule has 0 aliphatic carbocycles. The maximum Gasteiger partial charge on any atom is 0.159 e. The second-order valence-electron chi connectivity index (χ2n) is 3.18. The van der Waals surface area contributed by atoms with Gasteiger partial charge in [0.15, 0.2) is 11.1 Å². The van der Waals surface area contributed by atoms with E-state index in [0.29, 0.717) is 11.7 Å². The summed E-state index contributed by atoms with van der Waals surface area (Å²) in [5.41, 5.74) is 1.04. The highest BCUT2D eigenvalue weighted by atomic mass is 32.2. The predicted octanol–water partition coefficient (Wildman–Crippen LogP) is 1.65. The molecule has 1 rings (SSSR count). The fourth-order valence-corrected chi connectivity index (χ4v) is 2.19. The summed E-state index contributed by atoms with van der Waals surface area (Å²) in [4.78, 5) is 0. The molecule has 0 aromatic carbocycles. The average Bonchev–Trinajstić information content (AvgIpc) is 1.93. The monoisotopic (exact) mass is 174 g/mol. The number of rotatable bonds is 0. The van der Waals surface area contributed by atoms with Gasteiger partial charge in [0.25, 0.3) is 0 Å². The Hall–Kier alpha value is -0.150. The van der Waals surface area contributed by atoms with Crippen LogP contribution < -0.4 is 0 Å². The van der Waals surface area contributed by atoms with E-state index in [1.54, 1.807) is 0 Å². The largest absolute Gasteiger partial charge is 0.287 e. The zero-order valence-electron chi connectivity index (χ0n) is 7.00. The lowest BCUT2D eigenvalue weighted by molar-refractivity contribution is 0.187. The van der Waals surface area contributed by atoms with Crippen LogP contribution in [0.5, 0.6) is 0 Å². The molecule has 1 aliphatic heterocycles. The number of hydrogen-bond acceptors (Lipinski definition) is 2. The maximum absolute atomic E-state index is 11.1. The van der Waals surface area contributed by atoms with Crippen LogP contribution in [0.1, 0.15) is 20.3 Å². The van der Waals surface area contributed by atoms with Gasteiger partial charge in [-0.2, -0.15) is 0 Å². The van der Waals surface area contributed by atoms with Gasteiger partial charge in [-0.3, -0.25) is 4.18 Å². The molecule has 0 amide bonds. The van der Waals surface area contributed by atoms with Crippen LogP contribution in [0.4, 0.5) is 0 Å². The van der Waals surface area contributed by atoms with E-state index < -0.39 is 11.1 Å². The molecule has 64 valence electrons. The lowest BCUT2D eigenvalue weighted by atomic mass is 9.99. The molecular weight excluding hydrogens is 160 g/mol. The van der Waals surface area contributed by atoms with Gasteiger partial charge < -0.3 is 0 Å². The topological polar surface area (TPSA) is 26.3 Å². The fourth-order valence-electron chi connectivity index (χ4n) is 1.15. The quantitative estimate of drug-likeness (QED) is 0.522. The molecule has 2 nitrogen and oxygen atoms in total. The lowest BCUT2D eigenvalue weighted by Crippen LogP contribution is -2.16. The van der Waals surface area contributed by atoms with Gasteiger partial charge in [-0.1, -0.05) is 19.1 Å². The first-order chi connectivity index (χ1) is 5.09. The summed E-state index contributed by atoms with van der Waals surface area (Å²) in [6.45, 7) is 7.89. The van der Waals surface area contributed by atoms with E-state index in [4.69, 9.17) is 4.18 Å². The lowest BCUT2D eigenvalue weighted by Gasteiger charge is -2.14. The highest BCUT2D eigenvalue weighted by Crippen LogP contribution is 2.22. The molecule has 1 unspecified atom stereocenters. The molecule has 3 heteroatoms. The molecule has 0 aromatic rings. The second kappa shape index (κ2) is 3.50. The van der Waals surface area contributed by atoms with Crippen LogP contribution in [0.25, 0.3) is 0 Å². The molecule has 0 radical (unpaired) electrons. The first-order valence-electron chi connectivity index (χ1n) is 3.81. The third-order valence-electron chi connectivity index (χ3n) is 1.99. The van der Waals surface area contributed by atoms with Gasteiger partial charge in [0.1, 0.15) is 0 Å². The van der Waals surface area contributed by atoms with Crippen molar-refractivity contribution >= 4 is 11.1 Å². The molecule has 3 atom stereocenters. The molecule has 1 fully saturated rings. The maximum atomic E-state index is 11.1. The van der Waals surface area contributed by atoms with Crippen molar-refractivity contribution in [1.82, 2.24) is 0 Å². The van der Waals surface area contributed by atoms with Gasteiger partial charge in [-0.15, -0.1) is 0 Å². The average molecular weight is 174 g/mol. The molecule has 0 spiro atoms. The Morgan fingerprint density at radius 3 is 2.91 bits per heavy atom. The fraction of sp³-hybridized carbons (Fsp3) is 0.750.